The number of aryl methyl sites for hydroxylation is 2. The van der Waals surface area contributed by atoms with Crippen LogP contribution in [0.25, 0.3) is 0 Å². The molecule has 5 nitrogen and oxygen atoms in total. The maximum atomic E-state index is 13.1. The van der Waals surface area contributed by atoms with Crippen LogP contribution in [0.15, 0.2) is 42.5 Å². The zero-order valence-corrected chi connectivity index (χ0v) is 19.3. The van der Waals surface area contributed by atoms with Gasteiger partial charge in [-0.15, -0.1) is 0 Å². The van der Waals surface area contributed by atoms with Gasteiger partial charge in [0.2, 0.25) is 5.91 Å². The molecule has 0 heterocycles. The van der Waals surface area contributed by atoms with Gasteiger partial charge >= 0.3 is 0 Å². The van der Waals surface area contributed by atoms with E-state index in [0.717, 1.165) is 16.7 Å². The van der Waals surface area contributed by atoms with E-state index in [1.807, 2.05) is 65.0 Å². The largest absolute Gasteiger partial charge is 0.483 e. The van der Waals surface area contributed by atoms with Crippen LogP contribution in [0.5, 0.6) is 5.75 Å². The van der Waals surface area contributed by atoms with Gasteiger partial charge in [0.15, 0.2) is 6.61 Å². The highest BCUT2D eigenvalue weighted by molar-refractivity contribution is 6.30. The lowest BCUT2D eigenvalue weighted by Gasteiger charge is -2.31. The number of nitrogens with zero attached hydrogens (tertiary/aromatic N) is 1. The van der Waals surface area contributed by atoms with E-state index in [2.05, 4.69) is 5.32 Å². The van der Waals surface area contributed by atoms with Gasteiger partial charge in [-0.2, -0.15) is 0 Å². The number of carbonyl (C=O) groups is 2. The zero-order chi connectivity index (χ0) is 22.5. The normalized spacial score (nSPS) is 12.2. The lowest BCUT2D eigenvalue weighted by atomic mass is 10.1. The van der Waals surface area contributed by atoms with E-state index >= 15 is 0 Å². The Balaban J connectivity index is 2.20. The second-order valence-corrected chi connectivity index (χ2v) is 9.06. The molecule has 0 radical (unpaired) electrons. The molecule has 0 saturated carbocycles. The van der Waals surface area contributed by atoms with Gasteiger partial charge in [-0.1, -0.05) is 41.4 Å². The fourth-order valence-electron chi connectivity index (χ4n) is 3.07. The Kier molecular flexibility index (Phi) is 7.90. The molecule has 0 spiro atoms. The van der Waals surface area contributed by atoms with E-state index in [-0.39, 0.29) is 25.0 Å². The highest BCUT2D eigenvalue weighted by atomic mass is 35.5. The van der Waals surface area contributed by atoms with Crippen molar-refractivity contribution >= 4 is 23.4 Å². The molecule has 2 amide bonds. The fraction of sp³-hybridized carbons (Fsp3) is 0.417. The number of halogens is 1. The van der Waals surface area contributed by atoms with Crippen LogP contribution in [0.2, 0.25) is 5.02 Å². The van der Waals surface area contributed by atoms with Crippen LogP contribution in [0, 0.1) is 13.8 Å². The van der Waals surface area contributed by atoms with E-state index in [1.165, 1.54) is 4.90 Å². The smallest absolute Gasteiger partial charge is 0.261 e. The van der Waals surface area contributed by atoms with Crippen molar-refractivity contribution in [1.29, 1.82) is 0 Å². The monoisotopic (exact) mass is 430 g/mol. The van der Waals surface area contributed by atoms with Crippen molar-refractivity contribution in [3.63, 3.8) is 0 Å². The quantitative estimate of drug-likeness (QED) is 0.694. The molecule has 1 unspecified atom stereocenters. The first-order valence-electron chi connectivity index (χ1n) is 10.0. The van der Waals surface area contributed by atoms with E-state index in [9.17, 15) is 9.59 Å². The highest BCUT2D eigenvalue weighted by Crippen LogP contribution is 2.20. The molecule has 0 aliphatic carbocycles. The van der Waals surface area contributed by atoms with Gasteiger partial charge in [0.05, 0.1) is 0 Å². The summed E-state index contributed by atoms with van der Waals surface area (Å²) in [5, 5.41) is 3.52. The molecule has 1 atom stereocenters. The highest BCUT2D eigenvalue weighted by Gasteiger charge is 2.28. The summed E-state index contributed by atoms with van der Waals surface area (Å²) < 4.78 is 5.78. The van der Waals surface area contributed by atoms with Crippen LogP contribution in [0.3, 0.4) is 0 Å². The Morgan fingerprint density at radius 3 is 2.43 bits per heavy atom. The summed E-state index contributed by atoms with van der Waals surface area (Å²) in [6.45, 7) is 11.5. The molecule has 0 aromatic heterocycles. The minimum Gasteiger partial charge on any atom is -0.483 e. The number of nitrogens with one attached hydrogen (secondary N) is 1. The lowest BCUT2D eigenvalue weighted by molar-refractivity contribution is -0.142. The molecule has 162 valence electrons. The molecule has 2 aromatic rings. The molecule has 2 rings (SSSR count). The molecule has 0 saturated heterocycles. The van der Waals surface area contributed by atoms with E-state index < -0.39 is 11.6 Å². The minimum atomic E-state index is -0.668. The number of amides is 2. The molecule has 0 fully saturated rings. The SMILES string of the molecule is Cc1ccc(OCC(=O)N(Cc2cccc(Cl)c2)C(C)C(=O)NC(C)(C)C)c(C)c1. The van der Waals surface area contributed by atoms with Crippen molar-refractivity contribution < 1.29 is 14.3 Å². The van der Waals surface area contributed by atoms with Crippen LogP contribution in [0.4, 0.5) is 0 Å². The molecular formula is C24H31ClN2O3. The Morgan fingerprint density at radius 1 is 1.13 bits per heavy atom. The fourth-order valence-corrected chi connectivity index (χ4v) is 3.29. The van der Waals surface area contributed by atoms with Gasteiger partial charge in [-0.05, 0) is 70.9 Å². The van der Waals surface area contributed by atoms with Gasteiger partial charge in [0.1, 0.15) is 11.8 Å². The minimum absolute atomic E-state index is 0.155. The van der Waals surface area contributed by atoms with Crippen molar-refractivity contribution in [3.05, 3.63) is 64.2 Å². The second kappa shape index (κ2) is 9.98. The second-order valence-electron chi connectivity index (χ2n) is 8.62. The first-order valence-corrected chi connectivity index (χ1v) is 10.4. The molecular weight excluding hydrogens is 400 g/mol. The first-order chi connectivity index (χ1) is 14.0. The number of hydrogen-bond acceptors (Lipinski definition) is 3. The van der Waals surface area contributed by atoms with Crippen LogP contribution in [0.1, 0.15) is 44.4 Å². The molecule has 0 aliphatic heterocycles. The number of hydrogen-bond donors (Lipinski definition) is 1. The Labute approximate surface area is 184 Å². The number of benzene rings is 2. The topological polar surface area (TPSA) is 58.6 Å². The van der Waals surface area contributed by atoms with Crippen molar-refractivity contribution in [2.24, 2.45) is 0 Å². The summed E-state index contributed by atoms with van der Waals surface area (Å²) in [5.74, 6) is 0.166. The standard InChI is InChI=1S/C24H31ClN2O3/c1-16-10-11-21(17(2)12-16)30-15-22(28)27(14-19-8-7-9-20(25)13-19)18(3)23(29)26-24(4,5)6/h7-13,18H,14-15H2,1-6H3,(H,26,29). The summed E-state index contributed by atoms with van der Waals surface area (Å²) in [6.07, 6.45) is 0. The first kappa shape index (κ1) is 23.7. The van der Waals surface area contributed by atoms with Crippen LogP contribution in [-0.4, -0.2) is 34.9 Å². The summed E-state index contributed by atoms with van der Waals surface area (Å²) >= 11 is 6.10. The Bertz CT molecular complexity index is 906. The van der Waals surface area contributed by atoms with Gasteiger partial charge in [-0.25, -0.2) is 0 Å². The molecule has 0 aliphatic rings. The van der Waals surface area contributed by atoms with Gasteiger partial charge < -0.3 is 15.0 Å². The van der Waals surface area contributed by atoms with Crippen molar-refractivity contribution in [2.75, 3.05) is 6.61 Å². The van der Waals surface area contributed by atoms with E-state index in [4.69, 9.17) is 16.3 Å². The van der Waals surface area contributed by atoms with Gasteiger partial charge in [0, 0.05) is 17.1 Å². The maximum Gasteiger partial charge on any atom is 0.261 e. The Morgan fingerprint density at radius 2 is 1.83 bits per heavy atom. The summed E-state index contributed by atoms with van der Waals surface area (Å²) in [5.41, 5.74) is 2.53. The molecule has 1 N–H and O–H groups in total. The summed E-state index contributed by atoms with van der Waals surface area (Å²) in [4.78, 5) is 27.4. The Hall–Kier alpha value is -2.53. The van der Waals surface area contributed by atoms with Crippen LogP contribution < -0.4 is 10.1 Å². The van der Waals surface area contributed by atoms with Gasteiger partial charge in [0.25, 0.3) is 5.91 Å². The summed E-state index contributed by atoms with van der Waals surface area (Å²) in [7, 11) is 0. The van der Waals surface area contributed by atoms with Crippen LogP contribution in [-0.2, 0) is 16.1 Å². The average molecular weight is 431 g/mol. The van der Waals surface area contributed by atoms with Crippen molar-refractivity contribution in [2.45, 2.75) is 59.7 Å². The molecule has 30 heavy (non-hydrogen) atoms. The third kappa shape index (κ3) is 7.06. The predicted molar refractivity (Wildman–Crippen MR) is 121 cm³/mol. The zero-order valence-electron chi connectivity index (χ0n) is 18.6. The number of rotatable bonds is 7. The third-order valence-corrected chi connectivity index (χ3v) is 4.82. The maximum absolute atomic E-state index is 13.1. The molecule has 0 bridgehead atoms. The molecule has 2 aromatic carbocycles. The van der Waals surface area contributed by atoms with Crippen LogP contribution >= 0.6 is 11.6 Å². The van der Waals surface area contributed by atoms with E-state index in [1.54, 1.807) is 19.1 Å². The molecule has 6 heteroatoms. The average Bonchev–Trinajstić information content (AvgIpc) is 2.63. The predicted octanol–water partition coefficient (Wildman–Crippen LogP) is 4.67. The lowest BCUT2D eigenvalue weighted by Crippen LogP contribution is -2.53. The summed E-state index contributed by atoms with van der Waals surface area (Å²) in [6, 6.07) is 12.4. The third-order valence-electron chi connectivity index (χ3n) is 4.59. The van der Waals surface area contributed by atoms with E-state index in [0.29, 0.717) is 10.8 Å². The number of carbonyl (C=O) groups excluding carboxylic acids is 2. The van der Waals surface area contributed by atoms with Crippen molar-refractivity contribution in [3.8, 4) is 5.75 Å². The number of ether oxygens (including phenoxy) is 1. The van der Waals surface area contributed by atoms with Gasteiger partial charge in [-0.3, -0.25) is 9.59 Å². The van der Waals surface area contributed by atoms with Crippen molar-refractivity contribution in [1.82, 2.24) is 10.2 Å².